The van der Waals surface area contributed by atoms with Gasteiger partial charge in [-0.05, 0) is 182 Å². The monoisotopic (exact) mass is 1700 g/mol. The predicted molar refractivity (Wildman–Crippen MR) is 517 cm³/mol. The van der Waals surface area contributed by atoms with Crippen LogP contribution in [0.1, 0.15) is 185 Å². The van der Waals surface area contributed by atoms with Crippen LogP contribution < -0.4 is 18.3 Å². The van der Waals surface area contributed by atoms with Crippen LogP contribution in [0.5, 0.6) is 0 Å². The van der Waals surface area contributed by atoms with Gasteiger partial charge in [-0.1, -0.05) is 211 Å². The molecule has 2 atom stereocenters. The highest BCUT2D eigenvalue weighted by atomic mass is 16.3. The van der Waals surface area contributed by atoms with Crippen molar-refractivity contribution >= 4 is 87.8 Å². The third kappa shape index (κ3) is 15.2. The lowest BCUT2D eigenvalue weighted by Gasteiger charge is -2.12. The minimum absolute atomic E-state index is 0.0174. The molecule has 624 valence electrons. The zero-order valence-corrected chi connectivity index (χ0v) is 71.7. The molecule has 0 aliphatic carbocycles. The third-order valence-electron chi connectivity index (χ3n) is 23.0. The number of aromatic nitrogens is 4. The number of hydrogen-bond donors (Lipinski definition) is 0. The molecule has 0 aliphatic heterocycles. The highest BCUT2D eigenvalue weighted by Crippen LogP contribution is 2.48. The van der Waals surface area contributed by atoms with E-state index in [1.807, 2.05) is 64.1 Å². The lowest BCUT2D eigenvalue weighted by atomic mass is 9.94. The van der Waals surface area contributed by atoms with Crippen molar-refractivity contribution in [2.24, 2.45) is 28.2 Å². The Morgan fingerprint density at radius 2 is 0.625 bits per heavy atom. The molecule has 0 spiro atoms. The molecule has 0 amide bonds. The molecule has 128 heavy (non-hydrogen) atoms. The molecule has 0 saturated carbocycles. The number of furan rings is 4. The molecule has 12 aromatic carbocycles. The molecule has 8 heterocycles. The van der Waals surface area contributed by atoms with Gasteiger partial charge in [0, 0.05) is 133 Å². The fourth-order valence-electron chi connectivity index (χ4n) is 16.6. The van der Waals surface area contributed by atoms with E-state index in [1.165, 1.54) is 44.3 Å². The largest absolute Gasteiger partial charge is 0.454 e. The molecule has 12 nitrogen and oxygen atoms in total. The van der Waals surface area contributed by atoms with E-state index in [4.69, 9.17) is 65.6 Å². The van der Waals surface area contributed by atoms with E-state index in [1.54, 1.807) is 159 Å². The van der Waals surface area contributed by atoms with E-state index in [0.29, 0.717) is 138 Å². The summed E-state index contributed by atoms with van der Waals surface area (Å²) in [4.78, 5) is 0. The summed E-state index contributed by atoms with van der Waals surface area (Å²) < 4.78 is 318. The SMILES string of the molecule is [2H]c1c([2H])c([2H])c(-c2ccc(C#N)c3c2oc2c(-c4cc(C([2H])(C)C([2H])([2H])[2H])cc[n+]4C)c(C)ccc23)c([2H])c1[2H].[2H]c1c([2H])c([2H])c(-c2ccc(C#N)c3c2oc2c(-c4cc(C([2H])(C)C)c(C([2H])([2H])[2H])c[n+]4C)c(C)ccc23)c([2H])c1[2H].[2H]c1c([2H])c([2H])c(-c2ccc(C#N)c3c2oc2c(-c4cc(C)c(C([2H])([2H])[2H])c[n+]4C)c(C)ccc23)c([2H])c1[2H].[2H]c1c([2H])c([2H])c(-c2ccc(C#N)c3c2oc2c(-c4ccc(C([2H])(C)C([2H])([2H])[2H])c[n+]4C)c(C)ccc23)c([2H])c1[2H]. The average molecular weight is 1710 g/mol. The van der Waals surface area contributed by atoms with Gasteiger partial charge < -0.3 is 17.7 Å². The first kappa shape index (κ1) is 52.2. The van der Waals surface area contributed by atoms with Gasteiger partial charge in [0.2, 0.25) is 22.8 Å². The molecule has 0 saturated heterocycles. The number of aryl methyl sites for hydroxylation is 11. The Balaban J connectivity index is 0.000000146. The van der Waals surface area contributed by atoms with Crippen molar-refractivity contribution in [2.45, 2.75) is 107 Å². The summed E-state index contributed by atoms with van der Waals surface area (Å²) in [5.74, 6) is -4.94. The summed E-state index contributed by atoms with van der Waals surface area (Å²) in [6.07, 6.45) is 6.38. The van der Waals surface area contributed by atoms with Crippen LogP contribution in [0.4, 0.5) is 0 Å². The van der Waals surface area contributed by atoms with Crippen molar-refractivity contribution in [3.8, 4) is 114 Å². The molecule has 20 aromatic rings. The zero-order valence-electron chi connectivity index (χ0n) is 107. The molecule has 0 N–H and O–H groups in total. The summed E-state index contributed by atoms with van der Waals surface area (Å²) in [6, 6.07) is 36.9. The van der Waals surface area contributed by atoms with Gasteiger partial charge in [-0.3, -0.25) is 0 Å². The Kier molecular flexibility index (Phi) is 14.2. The summed E-state index contributed by atoms with van der Waals surface area (Å²) in [7, 11) is 7.00. The van der Waals surface area contributed by atoms with Gasteiger partial charge >= 0.3 is 0 Å². The van der Waals surface area contributed by atoms with Crippen LogP contribution >= 0.6 is 0 Å². The maximum Gasteiger partial charge on any atom is 0.216 e. The Labute approximate surface area is 796 Å². The summed E-state index contributed by atoms with van der Waals surface area (Å²) in [5.41, 5.74) is 14.7. The first-order valence-electron chi connectivity index (χ1n) is 57.9. The second-order valence-corrected chi connectivity index (χ2v) is 31.4. The summed E-state index contributed by atoms with van der Waals surface area (Å²) in [5, 5.41) is 44.0. The van der Waals surface area contributed by atoms with E-state index in [-0.39, 0.29) is 119 Å². The van der Waals surface area contributed by atoms with Crippen molar-refractivity contribution < 1.29 is 83.9 Å². The lowest BCUT2D eigenvalue weighted by Crippen LogP contribution is -2.32. The van der Waals surface area contributed by atoms with Crippen LogP contribution in [-0.2, 0) is 28.2 Å². The second kappa shape index (κ2) is 34.8. The zero-order chi connectivity index (χ0) is 120. The van der Waals surface area contributed by atoms with Gasteiger partial charge in [0.05, 0.1) is 96.2 Å². The Bertz CT molecular complexity index is 9940. The molecule has 0 radical (unpaired) electrons. The Hall–Kier alpha value is -15.6. The highest BCUT2D eigenvalue weighted by Gasteiger charge is 2.31. The van der Waals surface area contributed by atoms with Crippen LogP contribution in [0.2, 0.25) is 0 Å². The lowest BCUT2D eigenvalue weighted by molar-refractivity contribution is -0.660. The van der Waals surface area contributed by atoms with Crippen molar-refractivity contribution in [3.63, 3.8) is 0 Å². The van der Waals surface area contributed by atoms with Crippen LogP contribution in [0.25, 0.3) is 177 Å². The van der Waals surface area contributed by atoms with Gasteiger partial charge in [0.15, 0.2) is 24.8 Å². The van der Waals surface area contributed by atoms with Gasteiger partial charge in [-0.15, -0.1) is 0 Å². The van der Waals surface area contributed by atoms with Crippen molar-refractivity contribution in [1.82, 2.24) is 0 Å². The molecule has 8 aromatic heterocycles. The molecule has 20 rings (SSSR count). The first-order chi connectivity index (χ1) is 76.0. The number of rotatable bonds is 11. The predicted octanol–water partition coefficient (Wildman–Crippen LogP) is 28.0. The number of benzene rings is 12. The van der Waals surface area contributed by atoms with Gasteiger partial charge in [0.25, 0.3) is 0 Å². The minimum atomic E-state index is -2.58. The molecular formula is C116H100N8O4+4. The topological polar surface area (TPSA) is 163 Å². The first-order valence-corrected chi connectivity index (χ1v) is 40.4. The number of nitriles is 4. The quantitative estimate of drug-likeness (QED) is 0.116. The fourth-order valence-corrected chi connectivity index (χ4v) is 16.6. The third-order valence-corrected chi connectivity index (χ3v) is 23.0. The van der Waals surface area contributed by atoms with Crippen LogP contribution in [0.15, 0.2) is 297 Å². The van der Waals surface area contributed by atoms with Gasteiger partial charge in [-0.25, -0.2) is 18.3 Å². The number of fused-ring (bicyclic) bond motifs is 12. The normalized spacial score (nSPS) is 16.6. The van der Waals surface area contributed by atoms with Crippen molar-refractivity contribution in [1.29, 1.82) is 21.0 Å². The number of pyridine rings is 4. The maximum absolute atomic E-state index is 10.00. The molecule has 2 unspecified atom stereocenters. The standard InChI is InChI=1S/C30H27N2O.2C29H25N2O.C28H23N2O/c1-18(2)25-15-26(32(5)17-20(25)4)27-19(3)11-13-24-28-22(16-31)12-14-23(29(28)33-30(24)27)21-9-7-6-8-10-21;1-18(2)22-12-15-25(31(4)17-22)26-19(3)10-13-24-27-21(16-30)11-14-23(28(27)32-29(24)26)20-8-6-5-7-9-20;1-18(2)21-14-15-31(4)25(16-21)26-19(3)10-12-24-27-22(17-30)11-13-23(28(27)32-29(24)26)20-8-6-5-7-9-20;1-17-10-12-23-26-21(15-29)11-13-22(20-8-6-5-7-9-20)27(26)31-28(23)25(17)24-14-18(2)19(3)16-30(24)4/h6-15,17-18H,1-5H3;5-15,17-18H,1-4H3;5-16,18H,1-4H3;5-14,16H,1-4H3/q4*+1/i4D3,6D,7D,8D,9D,10D,18D;2*1D3,5D,6D,7D,8D,9D,18D;3D3,5D,6D,7D,8D,9D. The van der Waals surface area contributed by atoms with Crippen LogP contribution in [-0.4, -0.2) is 0 Å². The Morgan fingerprint density at radius 1 is 0.305 bits per heavy atom. The van der Waals surface area contributed by atoms with Crippen molar-refractivity contribution in [2.75, 3.05) is 0 Å². The maximum atomic E-state index is 10.00. The van der Waals surface area contributed by atoms with E-state index in [2.05, 4.69) is 24.3 Å². The summed E-state index contributed by atoms with van der Waals surface area (Å²) in [6.45, 7) is 5.37. The van der Waals surface area contributed by atoms with E-state index >= 15 is 0 Å². The molecule has 0 aliphatic rings. The van der Waals surface area contributed by atoms with Gasteiger partial charge in [-0.2, -0.15) is 21.0 Å². The minimum Gasteiger partial charge on any atom is -0.454 e. The molecule has 0 fully saturated rings. The fraction of sp³-hybridized carbons (Fsp3) is 0.172. The van der Waals surface area contributed by atoms with E-state index < -0.39 is 142 Å². The number of hydrogen-bond acceptors (Lipinski definition) is 8. The molecule has 0 bridgehead atoms. The Morgan fingerprint density at radius 3 is 0.953 bits per heavy atom. The second-order valence-electron chi connectivity index (χ2n) is 31.4. The van der Waals surface area contributed by atoms with E-state index in [0.717, 1.165) is 22.3 Å². The van der Waals surface area contributed by atoms with Crippen LogP contribution in [0.3, 0.4) is 0 Å². The van der Waals surface area contributed by atoms with Gasteiger partial charge in [0.1, 0.15) is 72.9 Å². The summed E-state index contributed by atoms with van der Waals surface area (Å²) >= 11 is 0. The molecular weight excluding hydrogens is 1570 g/mol. The van der Waals surface area contributed by atoms with Crippen LogP contribution in [0, 0.1) is 93.6 Å². The number of nitrogens with zero attached hydrogens (tertiary/aromatic N) is 8. The highest BCUT2D eigenvalue weighted by molar-refractivity contribution is 6.19. The smallest absolute Gasteiger partial charge is 0.216 e. The average Bonchev–Trinajstić information content (AvgIpc) is 1.58. The van der Waals surface area contributed by atoms with E-state index in [9.17, 15) is 21.0 Å². The molecule has 12 heteroatoms. The van der Waals surface area contributed by atoms with Crippen molar-refractivity contribution in [3.05, 3.63) is 357 Å².